The minimum atomic E-state index is -0.161. The first-order valence-corrected chi connectivity index (χ1v) is 8.24. The standard InChI is InChI=1S/C18H18ClN5O/c1-13(14-5-3-2-4-6-14)21-10-18(25)23-16-9-15(19)7-8-17(16)24-12-20-11-22-24/h2-9,11-13,21H,10H2,1H3,(H,23,25)/t13-/m1/s1. The monoisotopic (exact) mass is 355 g/mol. The lowest BCUT2D eigenvalue weighted by molar-refractivity contribution is -0.115. The molecule has 0 saturated carbocycles. The molecule has 1 aromatic heterocycles. The first kappa shape index (κ1) is 17.1. The lowest BCUT2D eigenvalue weighted by atomic mass is 10.1. The Morgan fingerprint density at radius 1 is 1.24 bits per heavy atom. The molecular formula is C18H18ClN5O. The molecule has 1 heterocycles. The number of amides is 1. The minimum Gasteiger partial charge on any atom is -0.323 e. The zero-order chi connectivity index (χ0) is 17.6. The molecule has 0 bridgehead atoms. The van der Waals surface area contributed by atoms with E-state index in [4.69, 9.17) is 11.6 Å². The number of carbonyl (C=O) groups excluding carboxylic acids is 1. The van der Waals surface area contributed by atoms with Gasteiger partial charge in [-0.15, -0.1) is 0 Å². The van der Waals surface area contributed by atoms with Crippen LogP contribution in [-0.4, -0.2) is 27.2 Å². The Labute approximate surface area is 150 Å². The van der Waals surface area contributed by atoms with Crippen molar-refractivity contribution in [3.05, 3.63) is 71.8 Å². The van der Waals surface area contributed by atoms with Gasteiger partial charge in [-0.25, -0.2) is 9.67 Å². The number of benzene rings is 2. The maximum Gasteiger partial charge on any atom is 0.238 e. The van der Waals surface area contributed by atoms with Gasteiger partial charge < -0.3 is 10.6 Å². The highest BCUT2D eigenvalue weighted by molar-refractivity contribution is 6.31. The summed E-state index contributed by atoms with van der Waals surface area (Å²) in [5, 5.41) is 10.7. The Kier molecular flexibility index (Phi) is 5.42. The molecule has 2 aromatic carbocycles. The van der Waals surface area contributed by atoms with Gasteiger partial charge in [-0.1, -0.05) is 41.9 Å². The predicted molar refractivity (Wildman–Crippen MR) is 97.9 cm³/mol. The number of nitrogens with zero attached hydrogens (tertiary/aromatic N) is 3. The van der Waals surface area contributed by atoms with Gasteiger partial charge in [0.2, 0.25) is 5.91 Å². The SMILES string of the molecule is C[C@@H](NCC(=O)Nc1cc(Cl)ccc1-n1cncn1)c1ccccc1. The fraction of sp³-hybridized carbons (Fsp3) is 0.167. The van der Waals surface area contributed by atoms with Crippen molar-refractivity contribution in [2.24, 2.45) is 0 Å². The number of carbonyl (C=O) groups is 1. The van der Waals surface area contributed by atoms with E-state index in [0.717, 1.165) is 5.56 Å². The second kappa shape index (κ2) is 7.92. The van der Waals surface area contributed by atoms with Crippen molar-refractivity contribution in [1.82, 2.24) is 20.1 Å². The van der Waals surface area contributed by atoms with Gasteiger partial charge in [-0.2, -0.15) is 5.10 Å². The molecule has 1 atom stereocenters. The quantitative estimate of drug-likeness (QED) is 0.712. The fourth-order valence-corrected chi connectivity index (χ4v) is 2.61. The largest absolute Gasteiger partial charge is 0.323 e. The van der Waals surface area contributed by atoms with Gasteiger partial charge in [0, 0.05) is 11.1 Å². The summed E-state index contributed by atoms with van der Waals surface area (Å²) in [6, 6.07) is 15.3. The van der Waals surface area contributed by atoms with Crippen molar-refractivity contribution in [2.45, 2.75) is 13.0 Å². The van der Waals surface area contributed by atoms with Gasteiger partial charge in [0.05, 0.1) is 17.9 Å². The van der Waals surface area contributed by atoms with Crippen molar-refractivity contribution in [2.75, 3.05) is 11.9 Å². The van der Waals surface area contributed by atoms with Crippen molar-refractivity contribution in [1.29, 1.82) is 0 Å². The van der Waals surface area contributed by atoms with Crippen molar-refractivity contribution < 1.29 is 4.79 Å². The van der Waals surface area contributed by atoms with E-state index in [9.17, 15) is 4.79 Å². The van der Waals surface area contributed by atoms with Crippen molar-refractivity contribution in [3.8, 4) is 5.69 Å². The van der Waals surface area contributed by atoms with E-state index in [1.165, 1.54) is 6.33 Å². The highest BCUT2D eigenvalue weighted by atomic mass is 35.5. The maximum absolute atomic E-state index is 12.3. The van der Waals surface area contributed by atoms with E-state index in [1.54, 1.807) is 29.2 Å². The van der Waals surface area contributed by atoms with E-state index in [-0.39, 0.29) is 18.5 Å². The van der Waals surface area contributed by atoms with Crippen LogP contribution >= 0.6 is 11.6 Å². The van der Waals surface area contributed by atoms with Crippen LogP contribution in [-0.2, 0) is 4.79 Å². The molecule has 7 heteroatoms. The molecule has 0 fully saturated rings. The third-order valence-corrected chi connectivity index (χ3v) is 4.00. The van der Waals surface area contributed by atoms with Crippen LogP contribution in [0.25, 0.3) is 5.69 Å². The van der Waals surface area contributed by atoms with Crippen LogP contribution in [0.1, 0.15) is 18.5 Å². The summed E-state index contributed by atoms with van der Waals surface area (Å²) in [5.41, 5.74) is 2.41. The van der Waals surface area contributed by atoms with Crippen LogP contribution in [0.5, 0.6) is 0 Å². The van der Waals surface area contributed by atoms with Crippen LogP contribution in [0.4, 0.5) is 5.69 Å². The molecule has 3 rings (SSSR count). The molecule has 0 spiro atoms. The molecule has 0 unspecified atom stereocenters. The molecule has 0 aliphatic rings. The average Bonchev–Trinajstić information content (AvgIpc) is 3.15. The molecule has 0 saturated heterocycles. The van der Waals surface area contributed by atoms with Crippen LogP contribution in [0.2, 0.25) is 5.02 Å². The summed E-state index contributed by atoms with van der Waals surface area (Å²) in [7, 11) is 0. The second-order valence-corrected chi connectivity index (χ2v) is 6.00. The van der Waals surface area contributed by atoms with Gasteiger partial charge >= 0.3 is 0 Å². The number of anilines is 1. The number of nitrogens with one attached hydrogen (secondary N) is 2. The normalized spacial score (nSPS) is 11.9. The second-order valence-electron chi connectivity index (χ2n) is 5.56. The summed E-state index contributed by atoms with van der Waals surface area (Å²) in [6.07, 6.45) is 3.00. The van der Waals surface area contributed by atoms with Crippen LogP contribution in [0.15, 0.2) is 61.2 Å². The van der Waals surface area contributed by atoms with Gasteiger partial charge in [0.15, 0.2) is 0 Å². The lowest BCUT2D eigenvalue weighted by Gasteiger charge is -2.15. The average molecular weight is 356 g/mol. The van der Waals surface area contributed by atoms with Gasteiger partial charge in [0.1, 0.15) is 12.7 Å². The first-order chi connectivity index (χ1) is 12.1. The number of hydrogen-bond acceptors (Lipinski definition) is 4. The maximum atomic E-state index is 12.3. The molecule has 0 aliphatic carbocycles. The third kappa shape index (κ3) is 4.43. The minimum absolute atomic E-state index is 0.0705. The predicted octanol–water partition coefficient (Wildman–Crippen LogP) is 3.21. The Morgan fingerprint density at radius 2 is 2.04 bits per heavy atom. The molecule has 128 valence electrons. The summed E-state index contributed by atoms with van der Waals surface area (Å²) < 4.78 is 1.58. The van der Waals surface area contributed by atoms with Gasteiger partial charge in [-0.3, -0.25) is 4.79 Å². The zero-order valence-electron chi connectivity index (χ0n) is 13.7. The van der Waals surface area contributed by atoms with Crippen LogP contribution < -0.4 is 10.6 Å². The summed E-state index contributed by atoms with van der Waals surface area (Å²) in [4.78, 5) is 16.2. The molecule has 6 nitrogen and oxygen atoms in total. The molecule has 1 amide bonds. The van der Waals surface area contributed by atoms with E-state index >= 15 is 0 Å². The summed E-state index contributed by atoms with van der Waals surface area (Å²) >= 11 is 6.06. The smallest absolute Gasteiger partial charge is 0.238 e. The Bertz CT molecular complexity index is 836. The van der Waals surface area contributed by atoms with E-state index in [0.29, 0.717) is 16.4 Å². The lowest BCUT2D eigenvalue weighted by Crippen LogP contribution is -2.30. The number of hydrogen-bond donors (Lipinski definition) is 2. The van der Waals surface area contributed by atoms with Crippen LogP contribution in [0.3, 0.4) is 0 Å². The van der Waals surface area contributed by atoms with Crippen LogP contribution in [0, 0.1) is 0 Å². The Morgan fingerprint density at radius 3 is 2.76 bits per heavy atom. The van der Waals surface area contributed by atoms with E-state index < -0.39 is 0 Å². The fourth-order valence-electron chi connectivity index (χ4n) is 2.44. The first-order valence-electron chi connectivity index (χ1n) is 7.86. The Balaban J connectivity index is 1.66. The summed E-state index contributed by atoms with van der Waals surface area (Å²) in [6.45, 7) is 2.20. The van der Waals surface area contributed by atoms with Gasteiger partial charge in [0.25, 0.3) is 0 Å². The summed E-state index contributed by atoms with van der Waals surface area (Å²) in [5.74, 6) is -0.161. The molecule has 0 radical (unpaired) electrons. The van der Waals surface area contributed by atoms with Crippen molar-refractivity contribution in [3.63, 3.8) is 0 Å². The molecule has 2 N–H and O–H groups in total. The number of halogens is 1. The van der Waals surface area contributed by atoms with Gasteiger partial charge in [-0.05, 0) is 30.7 Å². The molecule has 25 heavy (non-hydrogen) atoms. The topological polar surface area (TPSA) is 71.8 Å². The molecule has 3 aromatic rings. The number of aromatic nitrogens is 3. The highest BCUT2D eigenvalue weighted by Gasteiger charge is 2.11. The van der Waals surface area contributed by atoms with Crippen molar-refractivity contribution >= 4 is 23.2 Å². The number of rotatable bonds is 6. The molecule has 0 aliphatic heterocycles. The third-order valence-electron chi connectivity index (χ3n) is 3.77. The Hall–Kier alpha value is -2.70. The zero-order valence-corrected chi connectivity index (χ0v) is 14.4. The van der Waals surface area contributed by atoms with E-state index in [1.807, 2.05) is 37.3 Å². The van der Waals surface area contributed by atoms with E-state index in [2.05, 4.69) is 20.7 Å². The molecular weight excluding hydrogens is 338 g/mol. The highest BCUT2D eigenvalue weighted by Crippen LogP contribution is 2.23.